The predicted molar refractivity (Wildman–Crippen MR) is 84.8 cm³/mol. The predicted octanol–water partition coefficient (Wildman–Crippen LogP) is 3.22. The number of hydrogen-bond acceptors (Lipinski definition) is 3. The lowest BCUT2D eigenvalue weighted by Crippen LogP contribution is -2.21. The molecular formula is C17H23N3. The number of anilines is 1. The highest BCUT2D eigenvalue weighted by Gasteiger charge is 2.01. The van der Waals surface area contributed by atoms with Crippen molar-refractivity contribution >= 4 is 5.69 Å². The lowest BCUT2D eigenvalue weighted by Gasteiger charge is -2.21. The summed E-state index contributed by atoms with van der Waals surface area (Å²) in [4.78, 5) is 6.47. The summed E-state index contributed by atoms with van der Waals surface area (Å²) in [5, 5.41) is 3.44. The van der Waals surface area contributed by atoms with Crippen LogP contribution in [0.1, 0.15) is 25.0 Å². The van der Waals surface area contributed by atoms with Gasteiger partial charge in [-0.2, -0.15) is 0 Å². The minimum Gasteiger partial charge on any atom is -0.372 e. The van der Waals surface area contributed by atoms with Crippen molar-refractivity contribution < 1.29 is 0 Å². The van der Waals surface area contributed by atoms with Crippen LogP contribution in [0.3, 0.4) is 0 Å². The van der Waals surface area contributed by atoms with Crippen molar-refractivity contribution in [3.63, 3.8) is 0 Å². The second kappa shape index (κ2) is 7.65. The van der Waals surface area contributed by atoms with Crippen LogP contribution in [-0.4, -0.2) is 18.1 Å². The average molecular weight is 269 g/mol. The van der Waals surface area contributed by atoms with Crippen molar-refractivity contribution in [3.8, 4) is 0 Å². The van der Waals surface area contributed by atoms with Gasteiger partial charge in [0.2, 0.25) is 0 Å². The highest BCUT2D eigenvalue weighted by Crippen LogP contribution is 2.14. The largest absolute Gasteiger partial charge is 0.372 e. The molecule has 0 bridgehead atoms. The number of nitrogens with one attached hydrogen (secondary N) is 1. The smallest absolute Gasteiger partial charge is 0.0366 e. The van der Waals surface area contributed by atoms with Gasteiger partial charge in [0.1, 0.15) is 0 Å². The number of hydrogen-bond donors (Lipinski definition) is 1. The Kier molecular flexibility index (Phi) is 5.56. The Morgan fingerprint density at radius 1 is 0.950 bits per heavy atom. The fraction of sp³-hybridized carbons (Fsp3) is 0.353. The minimum absolute atomic E-state index is 0.853. The first-order valence-corrected chi connectivity index (χ1v) is 7.27. The summed E-state index contributed by atoms with van der Waals surface area (Å²) in [7, 11) is 0. The summed E-state index contributed by atoms with van der Waals surface area (Å²) in [6, 6.07) is 12.9. The molecule has 2 aromatic rings. The molecule has 20 heavy (non-hydrogen) atoms. The van der Waals surface area contributed by atoms with Crippen molar-refractivity contribution in [2.75, 3.05) is 18.0 Å². The number of benzene rings is 1. The molecule has 1 heterocycles. The van der Waals surface area contributed by atoms with Crippen molar-refractivity contribution in [3.05, 3.63) is 59.9 Å². The van der Waals surface area contributed by atoms with E-state index >= 15 is 0 Å². The molecule has 1 aromatic heterocycles. The molecule has 3 nitrogen and oxygen atoms in total. The summed E-state index contributed by atoms with van der Waals surface area (Å²) in [5.74, 6) is 0. The van der Waals surface area contributed by atoms with Gasteiger partial charge in [0.15, 0.2) is 0 Å². The molecule has 2 rings (SSSR count). The van der Waals surface area contributed by atoms with E-state index in [1.54, 1.807) is 6.20 Å². The summed E-state index contributed by atoms with van der Waals surface area (Å²) < 4.78 is 0. The molecule has 0 aliphatic rings. The van der Waals surface area contributed by atoms with E-state index in [1.807, 2.05) is 12.3 Å². The molecule has 0 radical (unpaired) electrons. The van der Waals surface area contributed by atoms with Gasteiger partial charge in [0.05, 0.1) is 0 Å². The van der Waals surface area contributed by atoms with Gasteiger partial charge in [-0.25, -0.2) is 0 Å². The minimum atomic E-state index is 0.853. The first-order chi connectivity index (χ1) is 9.83. The van der Waals surface area contributed by atoms with Crippen LogP contribution in [0.2, 0.25) is 0 Å². The molecule has 0 amide bonds. The fourth-order valence-corrected chi connectivity index (χ4v) is 2.27. The van der Waals surface area contributed by atoms with Crippen LogP contribution >= 0.6 is 0 Å². The second-order valence-corrected chi connectivity index (χ2v) is 4.80. The number of rotatable bonds is 7. The van der Waals surface area contributed by atoms with Crippen LogP contribution in [0.25, 0.3) is 0 Å². The van der Waals surface area contributed by atoms with E-state index in [0.717, 1.165) is 26.2 Å². The van der Waals surface area contributed by atoms with Crippen LogP contribution in [0.5, 0.6) is 0 Å². The average Bonchev–Trinajstić information content (AvgIpc) is 2.51. The Morgan fingerprint density at radius 3 is 2.25 bits per heavy atom. The standard InChI is InChI=1S/C17H23N3/c1-3-20(4-2)17-9-7-15(8-10-17)12-19-14-16-6-5-11-18-13-16/h5-11,13,19H,3-4,12,14H2,1-2H3. The lowest BCUT2D eigenvalue weighted by atomic mass is 10.2. The molecule has 0 saturated heterocycles. The van der Waals surface area contributed by atoms with E-state index in [-0.39, 0.29) is 0 Å². The van der Waals surface area contributed by atoms with E-state index < -0.39 is 0 Å². The highest BCUT2D eigenvalue weighted by molar-refractivity contribution is 5.47. The van der Waals surface area contributed by atoms with Crippen molar-refractivity contribution in [2.45, 2.75) is 26.9 Å². The van der Waals surface area contributed by atoms with Gasteiger partial charge in [-0.3, -0.25) is 4.98 Å². The zero-order valence-electron chi connectivity index (χ0n) is 12.3. The van der Waals surface area contributed by atoms with Crippen molar-refractivity contribution in [1.82, 2.24) is 10.3 Å². The maximum atomic E-state index is 4.11. The van der Waals surface area contributed by atoms with E-state index in [9.17, 15) is 0 Å². The number of pyridine rings is 1. The summed E-state index contributed by atoms with van der Waals surface area (Å²) >= 11 is 0. The van der Waals surface area contributed by atoms with Crippen molar-refractivity contribution in [1.29, 1.82) is 0 Å². The Hall–Kier alpha value is -1.87. The van der Waals surface area contributed by atoms with Crippen LogP contribution < -0.4 is 10.2 Å². The van der Waals surface area contributed by atoms with E-state index in [1.165, 1.54) is 16.8 Å². The molecule has 1 aromatic carbocycles. The Morgan fingerprint density at radius 2 is 1.65 bits per heavy atom. The maximum absolute atomic E-state index is 4.11. The molecule has 3 heteroatoms. The molecule has 106 valence electrons. The van der Waals surface area contributed by atoms with E-state index in [0.29, 0.717) is 0 Å². The fourth-order valence-electron chi connectivity index (χ4n) is 2.27. The molecule has 0 unspecified atom stereocenters. The summed E-state index contributed by atoms with van der Waals surface area (Å²) in [6.45, 7) is 8.21. The van der Waals surface area contributed by atoms with Crippen LogP contribution in [-0.2, 0) is 13.1 Å². The molecular weight excluding hydrogens is 246 g/mol. The molecule has 0 aliphatic heterocycles. The topological polar surface area (TPSA) is 28.2 Å². The third kappa shape index (κ3) is 4.07. The lowest BCUT2D eigenvalue weighted by molar-refractivity contribution is 0.691. The van der Waals surface area contributed by atoms with E-state index in [4.69, 9.17) is 0 Å². The van der Waals surface area contributed by atoms with Gasteiger partial charge in [0.25, 0.3) is 0 Å². The monoisotopic (exact) mass is 269 g/mol. The van der Waals surface area contributed by atoms with Crippen LogP contribution in [0, 0.1) is 0 Å². The van der Waals surface area contributed by atoms with Crippen molar-refractivity contribution in [2.24, 2.45) is 0 Å². The normalized spacial score (nSPS) is 10.5. The molecule has 1 N–H and O–H groups in total. The zero-order chi connectivity index (χ0) is 14.2. The second-order valence-electron chi connectivity index (χ2n) is 4.80. The first-order valence-electron chi connectivity index (χ1n) is 7.27. The number of nitrogens with zero attached hydrogens (tertiary/aromatic N) is 2. The SMILES string of the molecule is CCN(CC)c1ccc(CNCc2cccnc2)cc1. The Bertz CT molecular complexity index is 489. The molecule has 0 atom stereocenters. The van der Waals surface area contributed by atoms with Gasteiger partial charge in [-0.05, 0) is 43.2 Å². The Balaban J connectivity index is 1.85. The van der Waals surface area contributed by atoms with Gasteiger partial charge in [-0.1, -0.05) is 18.2 Å². The van der Waals surface area contributed by atoms with Gasteiger partial charge >= 0.3 is 0 Å². The third-order valence-electron chi connectivity index (χ3n) is 3.45. The van der Waals surface area contributed by atoms with Gasteiger partial charge in [0, 0.05) is 44.3 Å². The van der Waals surface area contributed by atoms with Crippen LogP contribution in [0.4, 0.5) is 5.69 Å². The summed E-state index contributed by atoms with van der Waals surface area (Å²) in [6.07, 6.45) is 3.70. The van der Waals surface area contributed by atoms with Crippen LogP contribution in [0.15, 0.2) is 48.8 Å². The van der Waals surface area contributed by atoms with E-state index in [2.05, 4.69) is 59.4 Å². The quantitative estimate of drug-likeness (QED) is 0.836. The third-order valence-corrected chi connectivity index (χ3v) is 3.45. The first kappa shape index (κ1) is 14.5. The highest BCUT2D eigenvalue weighted by atomic mass is 15.1. The molecule has 0 aliphatic carbocycles. The van der Waals surface area contributed by atoms with Gasteiger partial charge < -0.3 is 10.2 Å². The molecule has 0 saturated carbocycles. The Labute approximate surface area is 121 Å². The zero-order valence-corrected chi connectivity index (χ0v) is 12.3. The number of aromatic nitrogens is 1. The maximum Gasteiger partial charge on any atom is 0.0366 e. The van der Waals surface area contributed by atoms with Gasteiger partial charge in [-0.15, -0.1) is 0 Å². The molecule has 0 fully saturated rings. The molecule has 0 spiro atoms. The summed E-state index contributed by atoms with van der Waals surface area (Å²) in [5.41, 5.74) is 3.82.